The van der Waals surface area contributed by atoms with Gasteiger partial charge in [-0.2, -0.15) is 0 Å². The Bertz CT molecular complexity index is 803. The number of halogens is 2. The standard InChI is InChI=1S/C16H11Cl2NO4/c17-11-4-1-9(12(18)8-11)3-6-15(21)19-13-7-10(16(22)23)2-5-14(13)20/h1-8,20H,(H,19,21)(H,22,23)/b6-3+. The van der Waals surface area contributed by atoms with Gasteiger partial charge in [-0.15, -0.1) is 0 Å². The van der Waals surface area contributed by atoms with Crippen molar-refractivity contribution in [1.29, 1.82) is 0 Å². The second-order valence-electron chi connectivity index (χ2n) is 4.53. The number of aromatic carboxylic acids is 1. The Hall–Kier alpha value is -2.50. The van der Waals surface area contributed by atoms with E-state index < -0.39 is 11.9 Å². The highest BCUT2D eigenvalue weighted by Crippen LogP contribution is 2.25. The van der Waals surface area contributed by atoms with Gasteiger partial charge in [0.15, 0.2) is 0 Å². The summed E-state index contributed by atoms with van der Waals surface area (Å²) in [6.07, 6.45) is 2.69. The summed E-state index contributed by atoms with van der Waals surface area (Å²) in [4.78, 5) is 22.8. The van der Waals surface area contributed by atoms with E-state index in [-0.39, 0.29) is 17.0 Å². The third-order valence-corrected chi connectivity index (χ3v) is 3.44. The predicted molar refractivity (Wildman–Crippen MR) is 89.2 cm³/mol. The molecule has 23 heavy (non-hydrogen) atoms. The van der Waals surface area contributed by atoms with Crippen molar-refractivity contribution in [3.05, 3.63) is 63.6 Å². The van der Waals surface area contributed by atoms with Gasteiger partial charge >= 0.3 is 5.97 Å². The summed E-state index contributed by atoms with van der Waals surface area (Å²) in [7, 11) is 0. The lowest BCUT2D eigenvalue weighted by Gasteiger charge is -2.06. The Morgan fingerprint density at radius 3 is 2.48 bits per heavy atom. The number of carboxylic acid groups (broad SMARTS) is 1. The minimum atomic E-state index is -1.16. The van der Waals surface area contributed by atoms with Crippen molar-refractivity contribution in [3.63, 3.8) is 0 Å². The average molecular weight is 352 g/mol. The largest absolute Gasteiger partial charge is 0.506 e. The molecule has 3 N–H and O–H groups in total. The number of rotatable bonds is 4. The zero-order valence-corrected chi connectivity index (χ0v) is 13.1. The zero-order valence-electron chi connectivity index (χ0n) is 11.6. The lowest BCUT2D eigenvalue weighted by atomic mass is 10.2. The van der Waals surface area contributed by atoms with E-state index in [4.69, 9.17) is 28.3 Å². The average Bonchev–Trinajstić information content (AvgIpc) is 2.48. The third-order valence-electron chi connectivity index (χ3n) is 2.88. The van der Waals surface area contributed by atoms with Gasteiger partial charge in [0.2, 0.25) is 5.91 Å². The van der Waals surface area contributed by atoms with Crippen LogP contribution in [0.15, 0.2) is 42.5 Å². The molecule has 0 aliphatic heterocycles. The highest BCUT2D eigenvalue weighted by molar-refractivity contribution is 6.35. The SMILES string of the molecule is O=C(/C=C/c1ccc(Cl)cc1Cl)Nc1cc(C(=O)O)ccc1O. The normalized spacial score (nSPS) is 10.7. The number of hydrogen-bond acceptors (Lipinski definition) is 3. The predicted octanol–water partition coefficient (Wildman–Crippen LogP) is 4.05. The molecule has 0 saturated heterocycles. The fourth-order valence-corrected chi connectivity index (χ4v) is 2.22. The molecule has 1 amide bonds. The molecule has 2 aromatic carbocycles. The molecule has 0 atom stereocenters. The Labute approximate surface area is 141 Å². The zero-order chi connectivity index (χ0) is 17.0. The third kappa shape index (κ3) is 4.48. The van der Waals surface area contributed by atoms with Crippen molar-refractivity contribution in [2.45, 2.75) is 0 Å². The van der Waals surface area contributed by atoms with E-state index in [1.165, 1.54) is 30.4 Å². The number of carbonyl (C=O) groups is 2. The summed E-state index contributed by atoms with van der Waals surface area (Å²) in [5.74, 6) is -1.95. The molecular formula is C16H11Cl2NO4. The first kappa shape index (κ1) is 16.9. The van der Waals surface area contributed by atoms with Crippen LogP contribution < -0.4 is 5.32 Å². The maximum atomic E-state index is 11.9. The first-order valence-electron chi connectivity index (χ1n) is 6.37. The van der Waals surface area contributed by atoms with Gasteiger partial charge in [0, 0.05) is 16.1 Å². The van der Waals surface area contributed by atoms with Crippen LogP contribution in [-0.4, -0.2) is 22.1 Å². The molecule has 2 rings (SSSR count). The molecule has 0 saturated carbocycles. The van der Waals surface area contributed by atoms with Crippen LogP contribution in [0.2, 0.25) is 10.0 Å². The molecule has 7 heteroatoms. The Morgan fingerprint density at radius 1 is 1.09 bits per heavy atom. The van der Waals surface area contributed by atoms with Crippen molar-refractivity contribution in [2.24, 2.45) is 0 Å². The molecule has 0 aliphatic rings. The molecule has 0 spiro atoms. The van der Waals surface area contributed by atoms with Gasteiger partial charge in [-0.05, 0) is 42.0 Å². The monoisotopic (exact) mass is 351 g/mol. The van der Waals surface area contributed by atoms with Crippen LogP contribution >= 0.6 is 23.2 Å². The minimum absolute atomic E-state index is 0.00162. The van der Waals surface area contributed by atoms with E-state index in [0.717, 1.165) is 0 Å². The first-order valence-corrected chi connectivity index (χ1v) is 7.13. The first-order chi connectivity index (χ1) is 10.9. The number of anilines is 1. The van der Waals surface area contributed by atoms with Crippen molar-refractivity contribution < 1.29 is 19.8 Å². The summed E-state index contributed by atoms with van der Waals surface area (Å²) in [6.45, 7) is 0. The molecular weight excluding hydrogens is 341 g/mol. The molecule has 118 valence electrons. The van der Waals surface area contributed by atoms with E-state index in [9.17, 15) is 14.7 Å². The fraction of sp³-hybridized carbons (Fsp3) is 0. The molecule has 0 fully saturated rings. The van der Waals surface area contributed by atoms with Gasteiger partial charge in [-0.1, -0.05) is 29.3 Å². The minimum Gasteiger partial charge on any atom is -0.506 e. The maximum absolute atomic E-state index is 11.9. The second kappa shape index (κ2) is 7.17. The van der Waals surface area contributed by atoms with Crippen LogP contribution in [-0.2, 0) is 4.79 Å². The molecule has 0 aliphatic carbocycles. The van der Waals surface area contributed by atoms with E-state index in [2.05, 4.69) is 5.32 Å². The molecule has 0 bridgehead atoms. The number of aromatic hydroxyl groups is 1. The fourth-order valence-electron chi connectivity index (χ4n) is 1.75. The number of amides is 1. The summed E-state index contributed by atoms with van der Waals surface area (Å²) in [5.41, 5.74) is 0.541. The Balaban J connectivity index is 2.14. The Morgan fingerprint density at radius 2 is 1.83 bits per heavy atom. The van der Waals surface area contributed by atoms with Crippen molar-refractivity contribution >= 4 is 46.8 Å². The van der Waals surface area contributed by atoms with E-state index in [0.29, 0.717) is 15.6 Å². The maximum Gasteiger partial charge on any atom is 0.335 e. The van der Waals surface area contributed by atoms with Crippen LogP contribution in [0.1, 0.15) is 15.9 Å². The Kier molecular flexibility index (Phi) is 5.26. The number of carboxylic acids is 1. The summed E-state index contributed by atoms with van der Waals surface area (Å²) < 4.78 is 0. The molecule has 0 aromatic heterocycles. The molecule has 0 heterocycles. The van der Waals surface area contributed by atoms with Gasteiger partial charge < -0.3 is 15.5 Å². The number of carbonyl (C=O) groups excluding carboxylic acids is 1. The molecule has 0 radical (unpaired) electrons. The summed E-state index contributed by atoms with van der Waals surface area (Å²) in [6, 6.07) is 8.42. The number of phenols is 1. The van der Waals surface area contributed by atoms with Gasteiger partial charge in [0.25, 0.3) is 0 Å². The lowest BCUT2D eigenvalue weighted by molar-refractivity contribution is -0.111. The number of phenolic OH excluding ortho intramolecular Hbond substituents is 1. The van der Waals surface area contributed by atoms with Crippen LogP contribution in [0.4, 0.5) is 5.69 Å². The van der Waals surface area contributed by atoms with Crippen LogP contribution in [0.5, 0.6) is 5.75 Å². The highest BCUT2D eigenvalue weighted by atomic mass is 35.5. The van der Waals surface area contributed by atoms with Gasteiger partial charge in [-0.3, -0.25) is 4.79 Å². The summed E-state index contributed by atoms with van der Waals surface area (Å²) in [5, 5.41) is 21.8. The van der Waals surface area contributed by atoms with Gasteiger partial charge in [0.05, 0.1) is 11.3 Å². The van der Waals surface area contributed by atoms with Crippen LogP contribution in [0, 0.1) is 0 Å². The van der Waals surface area contributed by atoms with E-state index in [1.54, 1.807) is 18.2 Å². The molecule has 0 unspecified atom stereocenters. The highest BCUT2D eigenvalue weighted by Gasteiger charge is 2.09. The van der Waals surface area contributed by atoms with Gasteiger partial charge in [0.1, 0.15) is 5.75 Å². The number of benzene rings is 2. The van der Waals surface area contributed by atoms with E-state index in [1.807, 2.05) is 0 Å². The number of nitrogens with one attached hydrogen (secondary N) is 1. The lowest BCUT2D eigenvalue weighted by Crippen LogP contribution is -2.09. The molecule has 5 nitrogen and oxygen atoms in total. The van der Waals surface area contributed by atoms with Crippen molar-refractivity contribution in [3.8, 4) is 5.75 Å². The van der Waals surface area contributed by atoms with Crippen molar-refractivity contribution in [1.82, 2.24) is 0 Å². The van der Waals surface area contributed by atoms with Gasteiger partial charge in [-0.25, -0.2) is 4.79 Å². The van der Waals surface area contributed by atoms with E-state index >= 15 is 0 Å². The summed E-state index contributed by atoms with van der Waals surface area (Å²) >= 11 is 11.8. The number of hydrogen-bond donors (Lipinski definition) is 3. The second-order valence-corrected chi connectivity index (χ2v) is 5.37. The van der Waals surface area contributed by atoms with Crippen molar-refractivity contribution in [2.75, 3.05) is 5.32 Å². The quantitative estimate of drug-likeness (QED) is 0.572. The molecule has 2 aromatic rings. The van der Waals surface area contributed by atoms with Crippen LogP contribution in [0.25, 0.3) is 6.08 Å². The van der Waals surface area contributed by atoms with Crippen LogP contribution in [0.3, 0.4) is 0 Å². The topological polar surface area (TPSA) is 86.6 Å². The smallest absolute Gasteiger partial charge is 0.335 e.